The molecule has 1 aromatic carbocycles. The summed E-state index contributed by atoms with van der Waals surface area (Å²) in [5, 5.41) is 10.0. The van der Waals surface area contributed by atoms with E-state index in [2.05, 4.69) is 15.2 Å². The second kappa shape index (κ2) is 8.32. The van der Waals surface area contributed by atoms with E-state index in [0.29, 0.717) is 65.3 Å². The van der Waals surface area contributed by atoms with E-state index in [4.69, 9.17) is 18.6 Å². The minimum absolute atomic E-state index is 0.0445. The van der Waals surface area contributed by atoms with Crippen molar-refractivity contribution >= 4 is 33.0 Å². The zero-order valence-corrected chi connectivity index (χ0v) is 21.2. The van der Waals surface area contributed by atoms with Gasteiger partial charge in [-0.05, 0) is 30.5 Å². The number of fused-ring (bicyclic) bond motifs is 4. The van der Waals surface area contributed by atoms with Crippen molar-refractivity contribution in [2.75, 3.05) is 20.3 Å². The van der Waals surface area contributed by atoms with Crippen LogP contribution in [-0.4, -0.2) is 59.0 Å². The summed E-state index contributed by atoms with van der Waals surface area (Å²) in [6.07, 6.45) is 6.70. The van der Waals surface area contributed by atoms with Crippen LogP contribution in [0.4, 0.5) is 0 Å². The van der Waals surface area contributed by atoms with Crippen molar-refractivity contribution in [2.45, 2.75) is 18.9 Å². The Balaban J connectivity index is 1.56. The average molecular weight is 516 g/mol. The number of pyridine rings is 1. The fourth-order valence-electron chi connectivity index (χ4n) is 5.72. The van der Waals surface area contributed by atoms with Crippen LogP contribution >= 0.6 is 0 Å². The van der Waals surface area contributed by atoms with Crippen LogP contribution in [0.15, 0.2) is 41.6 Å². The van der Waals surface area contributed by atoms with E-state index in [-0.39, 0.29) is 11.7 Å². The van der Waals surface area contributed by atoms with Crippen LogP contribution in [0.25, 0.3) is 55.4 Å². The van der Waals surface area contributed by atoms with E-state index >= 15 is 0 Å². The zero-order chi connectivity index (χ0) is 28.6. The minimum Gasteiger partial charge on any atom is -0.479 e. The maximum atomic E-state index is 13.9. The molecule has 6 aromatic rings. The Bertz CT molecular complexity index is 2020. The Morgan fingerprint density at radius 3 is 2.82 bits per heavy atom. The highest BCUT2D eigenvalue weighted by Gasteiger charge is 2.29. The minimum atomic E-state index is -2.38. The van der Waals surface area contributed by atoms with Gasteiger partial charge in [0.25, 0.3) is 0 Å². The van der Waals surface area contributed by atoms with Gasteiger partial charge in [-0.2, -0.15) is 5.10 Å². The van der Waals surface area contributed by atoms with Crippen LogP contribution in [0, 0.1) is 0 Å². The molecule has 11 nitrogen and oxygen atoms in total. The van der Waals surface area contributed by atoms with Crippen molar-refractivity contribution in [1.29, 1.82) is 0 Å². The van der Waals surface area contributed by atoms with Gasteiger partial charge in [-0.15, -0.1) is 5.10 Å². The van der Waals surface area contributed by atoms with Crippen molar-refractivity contribution in [1.82, 2.24) is 38.7 Å². The molecule has 1 saturated heterocycles. The normalized spacial score (nSPS) is 16.3. The number of nitrogens with zero attached hydrogens (tertiary/aromatic N) is 7. The molecule has 0 radical (unpaired) electrons. The van der Waals surface area contributed by atoms with Crippen LogP contribution < -0.4 is 10.4 Å². The largest absolute Gasteiger partial charge is 0.479 e. The molecule has 0 bridgehead atoms. The first-order chi connectivity index (χ1) is 19.7. The number of imidazole rings is 1. The fourth-order valence-corrected chi connectivity index (χ4v) is 5.72. The third-order valence-electron chi connectivity index (χ3n) is 7.52. The van der Waals surface area contributed by atoms with Gasteiger partial charge in [0.2, 0.25) is 5.88 Å². The van der Waals surface area contributed by atoms with Gasteiger partial charge >= 0.3 is 5.69 Å². The molecule has 5 aromatic heterocycles. The summed E-state index contributed by atoms with van der Waals surface area (Å²) in [5.74, 6) is 0.412. The number of aryl methyl sites for hydroxylation is 3. The monoisotopic (exact) mass is 515 g/mol. The van der Waals surface area contributed by atoms with E-state index < -0.39 is 6.98 Å². The number of hydrogen-bond acceptors (Lipinski definition) is 6. The molecule has 6 heterocycles. The number of aromatic amines is 1. The Hall–Kier alpha value is -4.38. The van der Waals surface area contributed by atoms with Crippen molar-refractivity contribution in [2.24, 2.45) is 21.1 Å². The molecule has 0 saturated carbocycles. The Morgan fingerprint density at radius 2 is 2.03 bits per heavy atom. The highest BCUT2D eigenvalue weighted by Crippen LogP contribution is 2.41. The molecule has 0 atom stereocenters. The lowest BCUT2D eigenvalue weighted by molar-refractivity contribution is 0.0697. The summed E-state index contributed by atoms with van der Waals surface area (Å²) in [5.41, 5.74) is 5.39. The summed E-state index contributed by atoms with van der Waals surface area (Å²) in [6, 6.07) is 5.51. The second-order valence-electron chi connectivity index (χ2n) is 9.69. The van der Waals surface area contributed by atoms with Crippen molar-refractivity contribution in [3.8, 4) is 28.3 Å². The van der Waals surface area contributed by atoms with Crippen LogP contribution in [0.3, 0.4) is 0 Å². The van der Waals surface area contributed by atoms with Gasteiger partial charge < -0.3 is 14.5 Å². The fraction of sp³-hybridized carbons (Fsp3) is 0.333. The first-order valence-corrected chi connectivity index (χ1v) is 12.4. The van der Waals surface area contributed by atoms with Crippen LogP contribution in [0.1, 0.15) is 23.0 Å². The molecule has 38 heavy (non-hydrogen) atoms. The van der Waals surface area contributed by atoms with Gasteiger partial charge in [-0.25, -0.2) is 9.78 Å². The van der Waals surface area contributed by atoms with Gasteiger partial charge in [0.15, 0.2) is 0 Å². The van der Waals surface area contributed by atoms with Crippen molar-refractivity contribution < 1.29 is 13.6 Å². The molecule has 1 aliphatic rings. The molecule has 0 amide bonds. The Morgan fingerprint density at radius 1 is 1.18 bits per heavy atom. The first-order valence-electron chi connectivity index (χ1n) is 13.9. The van der Waals surface area contributed by atoms with Crippen LogP contribution in [-0.2, 0) is 25.8 Å². The summed E-state index contributed by atoms with van der Waals surface area (Å²) in [7, 11) is 5.14. The lowest BCUT2D eigenvalue weighted by Crippen LogP contribution is -2.29. The zero-order valence-electron chi connectivity index (χ0n) is 24.2. The number of methoxy groups -OCH3 is 1. The summed E-state index contributed by atoms with van der Waals surface area (Å²) in [6.45, 7) is -1.22. The number of aromatic nitrogens is 8. The van der Waals surface area contributed by atoms with E-state index in [1.165, 1.54) is 0 Å². The smallest absolute Gasteiger partial charge is 0.329 e. The molecular weight excluding hydrogens is 484 g/mol. The van der Waals surface area contributed by atoms with Crippen molar-refractivity contribution in [3.63, 3.8) is 0 Å². The maximum Gasteiger partial charge on any atom is 0.329 e. The lowest BCUT2D eigenvalue weighted by Gasteiger charge is -2.23. The molecule has 0 unspecified atom stereocenters. The van der Waals surface area contributed by atoms with Gasteiger partial charge in [-0.3, -0.25) is 18.5 Å². The van der Waals surface area contributed by atoms with E-state index in [9.17, 15) is 4.79 Å². The number of hydrogen-bond donors (Lipinski definition) is 1. The number of nitrogens with one attached hydrogen (secondary N) is 1. The molecule has 1 fully saturated rings. The van der Waals surface area contributed by atoms with E-state index in [0.717, 1.165) is 26.7 Å². The summed E-state index contributed by atoms with van der Waals surface area (Å²) >= 11 is 0. The highest BCUT2D eigenvalue weighted by molar-refractivity contribution is 6.14. The molecular formula is C27H28N8O3. The van der Waals surface area contributed by atoms with Crippen molar-refractivity contribution in [3.05, 3.63) is 47.3 Å². The molecule has 7 rings (SSSR count). The van der Waals surface area contributed by atoms with Gasteiger partial charge in [0, 0.05) is 67.8 Å². The standard InChI is InChI=1S/C27H28N8O3/c1-32-14-19(26(31-32)37-4)22-24-23(35(27(36)33(24)2)17-7-9-38-10-8-17)21-18(13-28-25(21)30-22)15-5-6-20-16(11-15)12-29-34(20)3/h5-6,11-14,17H,7-10H2,1-4H3,(H,28,30)/i3D3. The molecule has 194 valence electrons. The number of benzene rings is 1. The second-order valence-corrected chi connectivity index (χ2v) is 9.69. The van der Waals surface area contributed by atoms with Gasteiger partial charge in [0.05, 0.1) is 40.8 Å². The highest BCUT2D eigenvalue weighted by atomic mass is 16.5. The molecule has 0 spiro atoms. The third kappa shape index (κ3) is 3.18. The summed E-state index contributed by atoms with van der Waals surface area (Å²) in [4.78, 5) is 22.3. The molecule has 1 aliphatic heterocycles. The van der Waals surface area contributed by atoms with Gasteiger partial charge in [-0.1, -0.05) is 6.07 Å². The van der Waals surface area contributed by atoms with Crippen LogP contribution in [0.5, 0.6) is 5.88 Å². The van der Waals surface area contributed by atoms with E-state index in [1.807, 2.05) is 36.1 Å². The molecule has 1 N–H and O–H groups in total. The van der Waals surface area contributed by atoms with E-state index in [1.54, 1.807) is 35.7 Å². The number of H-pyrrole nitrogens is 1. The molecule has 11 heteroatoms. The van der Waals surface area contributed by atoms with Gasteiger partial charge in [0.1, 0.15) is 11.3 Å². The van der Waals surface area contributed by atoms with Crippen LogP contribution in [0.2, 0.25) is 0 Å². The number of ether oxygens (including phenoxy) is 2. The summed E-state index contributed by atoms with van der Waals surface area (Å²) < 4.78 is 40.8. The predicted molar refractivity (Wildman–Crippen MR) is 144 cm³/mol. The first kappa shape index (κ1) is 19.7. The number of rotatable bonds is 4. The Labute approximate surface area is 221 Å². The SMILES string of the molecule is [2H]C([2H])([2H])n1ncc2cc(-c3c[nH]c4nc(-c5cn(C)nc5OC)c5c(c34)n(C3CCOCC3)c(=O)n5C)ccc21. The third-order valence-corrected chi connectivity index (χ3v) is 7.52. The topological polar surface area (TPSA) is 110 Å². The maximum absolute atomic E-state index is 13.9. The average Bonchev–Trinajstić information content (AvgIpc) is 3.72. The Kier molecular flexibility index (Phi) is 4.31. The quantitative estimate of drug-likeness (QED) is 0.385. The lowest BCUT2D eigenvalue weighted by atomic mass is 10.0. The predicted octanol–water partition coefficient (Wildman–Crippen LogP) is 3.53. The molecule has 0 aliphatic carbocycles.